The van der Waals surface area contributed by atoms with Gasteiger partial charge < -0.3 is 5.21 Å². The fourth-order valence-electron chi connectivity index (χ4n) is 3.65. The summed E-state index contributed by atoms with van der Waals surface area (Å²) in [4.78, 5) is 1.22. The van der Waals surface area contributed by atoms with E-state index in [9.17, 15) is 5.21 Å². The highest BCUT2D eigenvalue weighted by Gasteiger charge is 2.30. The quantitative estimate of drug-likeness (QED) is 0.344. The van der Waals surface area contributed by atoms with Crippen LogP contribution in [0.25, 0.3) is 5.00 Å². The molecule has 7 nitrogen and oxygen atoms in total. The molecule has 0 fully saturated rings. The molecule has 5 rings (SSSR count). The van der Waals surface area contributed by atoms with E-state index >= 15 is 0 Å². The summed E-state index contributed by atoms with van der Waals surface area (Å²) < 4.78 is 2.83. The van der Waals surface area contributed by atoms with Crippen LogP contribution in [0.4, 0.5) is 5.95 Å². The first kappa shape index (κ1) is 19.7. The van der Waals surface area contributed by atoms with Crippen molar-refractivity contribution in [2.24, 2.45) is 5.10 Å². The van der Waals surface area contributed by atoms with Gasteiger partial charge in [0.15, 0.2) is 12.4 Å². The van der Waals surface area contributed by atoms with Crippen LogP contribution in [-0.4, -0.2) is 20.5 Å². The zero-order chi connectivity index (χ0) is 21.7. The first-order valence-corrected chi connectivity index (χ1v) is 10.9. The highest BCUT2D eigenvalue weighted by atomic mass is 35.5. The van der Waals surface area contributed by atoms with E-state index in [1.807, 2.05) is 36.2 Å². The molecule has 4 heterocycles. The van der Waals surface area contributed by atoms with Gasteiger partial charge in [0.2, 0.25) is 0 Å². The van der Waals surface area contributed by atoms with Gasteiger partial charge in [-0.2, -0.15) is 9.83 Å². The Labute approximate surface area is 188 Å². The van der Waals surface area contributed by atoms with Gasteiger partial charge in [0.1, 0.15) is 16.5 Å². The summed E-state index contributed by atoms with van der Waals surface area (Å²) in [5, 5.41) is 28.9. The molecule has 4 aromatic rings. The molecule has 156 valence electrons. The summed E-state index contributed by atoms with van der Waals surface area (Å²) in [7, 11) is 0. The van der Waals surface area contributed by atoms with Crippen LogP contribution in [0.5, 0.6) is 0 Å². The topological polar surface area (TPSA) is 73.2 Å². The predicted octanol–water partition coefficient (Wildman–Crippen LogP) is 4.31. The summed E-state index contributed by atoms with van der Waals surface area (Å²) in [6.07, 6.45) is 2.97. The Bertz CT molecular complexity index is 1310. The third-order valence-corrected chi connectivity index (χ3v) is 6.83. The third kappa shape index (κ3) is 3.37. The minimum Gasteiger partial charge on any atom is -0.619 e. The molecule has 31 heavy (non-hydrogen) atoms. The Balaban J connectivity index is 1.74. The van der Waals surface area contributed by atoms with E-state index in [0.29, 0.717) is 17.5 Å². The molecule has 0 bridgehead atoms. The lowest BCUT2D eigenvalue weighted by Gasteiger charge is -2.18. The van der Waals surface area contributed by atoms with Gasteiger partial charge in [-0.25, -0.2) is 5.01 Å². The Kier molecular flexibility index (Phi) is 4.75. The second-order valence-corrected chi connectivity index (χ2v) is 9.07. The summed E-state index contributed by atoms with van der Waals surface area (Å²) in [5.41, 5.74) is 5.02. The van der Waals surface area contributed by atoms with E-state index in [1.165, 1.54) is 22.8 Å². The van der Waals surface area contributed by atoms with E-state index in [0.717, 1.165) is 38.0 Å². The molecule has 0 saturated carbocycles. The van der Waals surface area contributed by atoms with Gasteiger partial charge in [0.25, 0.3) is 5.95 Å². The van der Waals surface area contributed by atoms with Crippen molar-refractivity contribution in [3.05, 3.63) is 92.0 Å². The first-order chi connectivity index (χ1) is 14.9. The van der Waals surface area contributed by atoms with Crippen LogP contribution in [0, 0.1) is 26.0 Å². The van der Waals surface area contributed by atoms with Crippen LogP contribution >= 0.6 is 22.9 Å². The number of hydrogen-bond donors (Lipinski definition) is 0. The van der Waals surface area contributed by atoms with Crippen molar-refractivity contribution in [1.82, 2.24) is 14.8 Å². The lowest BCUT2D eigenvalue weighted by Crippen LogP contribution is -2.25. The van der Waals surface area contributed by atoms with E-state index in [1.54, 1.807) is 23.5 Å². The number of hydrazone groups is 1. The fourth-order valence-corrected chi connectivity index (χ4v) is 4.98. The standard InChI is InChI=1S/C22H19ClN6OS/c1-13-14(2)31-21-19(13)20(17-4-6-18(23)7-5-17)26-28(22-25-24-15(3)29(21)22)12-16-8-10-27(30)11-9-16/h4-11H,12H2,1-3H3. The fraction of sp³-hybridized carbons (Fsp3) is 0.182. The van der Waals surface area contributed by atoms with E-state index in [-0.39, 0.29) is 0 Å². The summed E-state index contributed by atoms with van der Waals surface area (Å²) >= 11 is 7.85. The Hall–Kier alpha value is -3.23. The maximum Gasteiger partial charge on any atom is 0.253 e. The van der Waals surface area contributed by atoms with Crippen LogP contribution in [0.3, 0.4) is 0 Å². The maximum atomic E-state index is 11.5. The number of halogens is 1. The minimum absolute atomic E-state index is 0.447. The zero-order valence-electron chi connectivity index (χ0n) is 17.2. The van der Waals surface area contributed by atoms with E-state index in [2.05, 4.69) is 28.6 Å². The molecule has 0 aliphatic carbocycles. The van der Waals surface area contributed by atoms with Gasteiger partial charge in [-0.05, 0) is 44.0 Å². The van der Waals surface area contributed by atoms with Crippen molar-refractivity contribution in [2.45, 2.75) is 27.3 Å². The average Bonchev–Trinajstić information content (AvgIpc) is 3.23. The van der Waals surface area contributed by atoms with Crippen LogP contribution in [-0.2, 0) is 6.54 Å². The molecule has 0 N–H and O–H groups in total. The smallest absolute Gasteiger partial charge is 0.253 e. The minimum atomic E-state index is 0.447. The van der Waals surface area contributed by atoms with Crippen molar-refractivity contribution in [2.75, 3.05) is 5.01 Å². The highest BCUT2D eigenvalue weighted by Crippen LogP contribution is 2.38. The lowest BCUT2D eigenvalue weighted by molar-refractivity contribution is -0.605. The normalized spacial score (nSPS) is 12.9. The Morgan fingerprint density at radius 1 is 1.03 bits per heavy atom. The number of hydrogen-bond acceptors (Lipinski definition) is 6. The molecule has 9 heteroatoms. The number of fused-ring (bicyclic) bond motifs is 3. The zero-order valence-corrected chi connectivity index (χ0v) is 18.8. The number of aromatic nitrogens is 4. The molecule has 0 atom stereocenters. The summed E-state index contributed by atoms with van der Waals surface area (Å²) in [6, 6.07) is 11.3. The lowest BCUT2D eigenvalue weighted by atomic mass is 10.00. The number of pyridine rings is 1. The Morgan fingerprint density at radius 3 is 2.45 bits per heavy atom. The number of aryl methyl sites for hydroxylation is 2. The number of anilines is 1. The summed E-state index contributed by atoms with van der Waals surface area (Å²) in [6.45, 7) is 6.63. The molecular formula is C22H19ClN6OS. The molecule has 1 aromatic carbocycles. The molecule has 0 saturated heterocycles. The first-order valence-electron chi connectivity index (χ1n) is 9.75. The second kappa shape index (κ2) is 7.47. The predicted molar refractivity (Wildman–Crippen MR) is 122 cm³/mol. The van der Waals surface area contributed by atoms with Crippen LogP contribution < -0.4 is 9.74 Å². The molecule has 0 amide bonds. The van der Waals surface area contributed by atoms with E-state index in [4.69, 9.17) is 16.7 Å². The van der Waals surface area contributed by atoms with Gasteiger partial charge in [-0.15, -0.1) is 21.5 Å². The number of nitrogens with zero attached hydrogens (tertiary/aromatic N) is 6. The van der Waals surface area contributed by atoms with E-state index < -0.39 is 0 Å². The van der Waals surface area contributed by atoms with Gasteiger partial charge >= 0.3 is 0 Å². The van der Waals surface area contributed by atoms with Crippen LogP contribution in [0.15, 0.2) is 53.9 Å². The van der Waals surface area contributed by atoms with Crippen molar-refractivity contribution < 1.29 is 4.73 Å². The molecule has 3 aromatic heterocycles. The monoisotopic (exact) mass is 450 g/mol. The molecule has 1 aliphatic heterocycles. The average molecular weight is 451 g/mol. The SMILES string of the molecule is Cc1sc2c(c1C)C(c1ccc(Cl)cc1)=NN(Cc1cc[n+]([O-])cc1)c1nnc(C)n1-2. The molecule has 0 spiro atoms. The van der Waals surface area contributed by atoms with Gasteiger partial charge in [-0.1, -0.05) is 23.7 Å². The summed E-state index contributed by atoms with van der Waals surface area (Å²) in [5.74, 6) is 1.43. The Morgan fingerprint density at radius 2 is 1.74 bits per heavy atom. The largest absolute Gasteiger partial charge is 0.619 e. The highest BCUT2D eigenvalue weighted by molar-refractivity contribution is 7.15. The van der Waals surface area contributed by atoms with Gasteiger partial charge in [0, 0.05) is 33.2 Å². The van der Waals surface area contributed by atoms with Crippen molar-refractivity contribution in [1.29, 1.82) is 0 Å². The number of thiophene rings is 1. The van der Waals surface area contributed by atoms with Crippen molar-refractivity contribution in [3.63, 3.8) is 0 Å². The molecular weight excluding hydrogens is 432 g/mol. The van der Waals surface area contributed by atoms with Crippen LogP contribution in [0.1, 0.15) is 33.0 Å². The maximum absolute atomic E-state index is 11.5. The van der Waals surface area contributed by atoms with Gasteiger partial charge in [0.05, 0.1) is 6.54 Å². The van der Waals surface area contributed by atoms with Crippen molar-refractivity contribution in [3.8, 4) is 5.00 Å². The molecule has 0 unspecified atom stereocenters. The molecule has 0 radical (unpaired) electrons. The number of benzene rings is 1. The third-order valence-electron chi connectivity index (χ3n) is 5.39. The molecule has 1 aliphatic rings. The van der Waals surface area contributed by atoms with Gasteiger partial charge in [-0.3, -0.25) is 4.57 Å². The van der Waals surface area contributed by atoms with Crippen LogP contribution in [0.2, 0.25) is 5.02 Å². The second-order valence-electron chi connectivity index (χ2n) is 7.43. The van der Waals surface area contributed by atoms with Crippen molar-refractivity contribution >= 4 is 34.6 Å². The number of rotatable bonds is 3.